The second kappa shape index (κ2) is 9.75. The van der Waals surface area contributed by atoms with Crippen molar-refractivity contribution in [3.8, 4) is 0 Å². The van der Waals surface area contributed by atoms with Gasteiger partial charge in [-0.1, -0.05) is 31.2 Å². The van der Waals surface area contributed by atoms with E-state index >= 15 is 0 Å². The number of rotatable bonds is 6. The maximum absolute atomic E-state index is 11.8. The van der Waals surface area contributed by atoms with Crippen LogP contribution in [0.3, 0.4) is 0 Å². The van der Waals surface area contributed by atoms with Crippen molar-refractivity contribution in [3.05, 3.63) is 35.4 Å². The molecule has 0 bridgehead atoms. The third kappa shape index (κ3) is 6.01. The van der Waals surface area contributed by atoms with Gasteiger partial charge in [0.2, 0.25) is 5.91 Å². The molecule has 0 radical (unpaired) electrons. The van der Waals surface area contributed by atoms with Crippen LogP contribution >= 0.6 is 24.0 Å². The molecule has 1 aromatic carbocycles. The van der Waals surface area contributed by atoms with Crippen molar-refractivity contribution in [3.63, 3.8) is 0 Å². The molecular weight excluding hydrogens is 403 g/mol. The second-order valence-corrected chi connectivity index (χ2v) is 5.84. The monoisotopic (exact) mass is 430 g/mol. The number of guanidine groups is 1. The summed E-state index contributed by atoms with van der Waals surface area (Å²) >= 11 is 0. The number of carbonyl (C=O) groups excluding carboxylic acids is 1. The molecule has 6 heteroatoms. The molecule has 5 nitrogen and oxygen atoms in total. The van der Waals surface area contributed by atoms with Crippen molar-refractivity contribution >= 4 is 35.8 Å². The minimum absolute atomic E-state index is 0. The lowest BCUT2D eigenvalue weighted by atomic mass is 10.1. The van der Waals surface area contributed by atoms with Crippen LogP contribution in [0.4, 0.5) is 0 Å². The molecule has 0 aromatic heterocycles. The fourth-order valence-electron chi connectivity index (χ4n) is 2.51. The van der Waals surface area contributed by atoms with E-state index in [-0.39, 0.29) is 29.9 Å². The summed E-state index contributed by atoms with van der Waals surface area (Å²) in [7, 11) is 0. The van der Waals surface area contributed by atoms with Gasteiger partial charge >= 0.3 is 0 Å². The Morgan fingerprint density at radius 2 is 2.09 bits per heavy atom. The van der Waals surface area contributed by atoms with E-state index in [4.69, 9.17) is 5.73 Å². The zero-order valence-corrected chi connectivity index (χ0v) is 16.2. The zero-order valence-electron chi connectivity index (χ0n) is 13.9. The summed E-state index contributed by atoms with van der Waals surface area (Å²) in [5.41, 5.74) is 8.18. The summed E-state index contributed by atoms with van der Waals surface area (Å²) in [6.07, 6.45) is 2.64. The first-order valence-electron chi connectivity index (χ1n) is 8.01. The average molecular weight is 430 g/mol. The van der Waals surface area contributed by atoms with E-state index in [1.54, 1.807) is 0 Å². The number of halogens is 1. The van der Waals surface area contributed by atoms with E-state index in [1.807, 2.05) is 17.0 Å². The van der Waals surface area contributed by atoms with Gasteiger partial charge in [-0.25, -0.2) is 4.99 Å². The second-order valence-electron chi connectivity index (χ2n) is 5.84. The third-order valence-electron chi connectivity index (χ3n) is 4.08. The minimum atomic E-state index is 0. The number of nitrogens with zero attached hydrogens (tertiary/aromatic N) is 2. The molecule has 1 heterocycles. The Morgan fingerprint density at radius 3 is 2.70 bits per heavy atom. The van der Waals surface area contributed by atoms with Crippen LogP contribution in [0.1, 0.15) is 44.2 Å². The molecule has 1 aliphatic heterocycles. The molecule has 1 amide bonds. The standard InChI is InChI=1S/C17H26N4O.HI/c1-3-13(2)20-17(18)19-11-14-7-4-5-8-15(14)12-21-10-6-9-16(21)22;/h4-5,7-8,13H,3,6,9-12H2,1-2H3,(H3,18,19,20);1H. The maximum Gasteiger partial charge on any atom is 0.222 e. The van der Waals surface area contributed by atoms with Gasteiger partial charge in [-0.3, -0.25) is 4.79 Å². The molecule has 1 atom stereocenters. The van der Waals surface area contributed by atoms with E-state index < -0.39 is 0 Å². The van der Waals surface area contributed by atoms with Gasteiger partial charge in [0.05, 0.1) is 6.54 Å². The largest absolute Gasteiger partial charge is 0.370 e. The lowest BCUT2D eigenvalue weighted by molar-refractivity contribution is -0.128. The summed E-state index contributed by atoms with van der Waals surface area (Å²) in [5.74, 6) is 0.720. The van der Waals surface area contributed by atoms with Gasteiger partial charge in [-0.2, -0.15) is 0 Å². The number of benzene rings is 1. The number of hydrogen-bond acceptors (Lipinski definition) is 2. The lowest BCUT2D eigenvalue weighted by Gasteiger charge is -2.18. The highest BCUT2D eigenvalue weighted by Gasteiger charge is 2.20. The molecule has 23 heavy (non-hydrogen) atoms. The Hall–Kier alpha value is -1.31. The fourth-order valence-corrected chi connectivity index (χ4v) is 2.51. The molecule has 1 aromatic rings. The summed E-state index contributed by atoms with van der Waals surface area (Å²) in [4.78, 5) is 18.1. The maximum atomic E-state index is 11.8. The van der Waals surface area contributed by atoms with E-state index in [9.17, 15) is 4.79 Å². The van der Waals surface area contributed by atoms with E-state index in [2.05, 4.69) is 36.3 Å². The van der Waals surface area contributed by atoms with E-state index in [0.717, 1.165) is 30.5 Å². The van der Waals surface area contributed by atoms with Crippen LogP contribution < -0.4 is 11.1 Å². The number of amides is 1. The first-order valence-corrected chi connectivity index (χ1v) is 8.01. The van der Waals surface area contributed by atoms with Crippen molar-refractivity contribution in [1.82, 2.24) is 10.2 Å². The molecule has 128 valence electrons. The number of aliphatic imine (C=N–C) groups is 1. The number of carbonyl (C=O) groups is 1. The number of nitrogens with one attached hydrogen (secondary N) is 1. The number of nitrogens with two attached hydrogens (primary N) is 1. The van der Waals surface area contributed by atoms with Gasteiger partial charge in [0.1, 0.15) is 0 Å². The van der Waals surface area contributed by atoms with Crippen molar-refractivity contribution in [2.45, 2.75) is 52.2 Å². The SMILES string of the molecule is CCC(C)NC(N)=NCc1ccccc1CN1CCCC1=O.I. The molecular formula is C17H27IN4O. The van der Waals surface area contributed by atoms with Crippen LogP contribution in [0.15, 0.2) is 29.3 Å². The van der Waals surface area contributed by atoms with Crippen LogP contribution in [-0.2, 0) is 17.9 Å². The molecule has 1 saturated heterocycles. The Balaban J connectivity index is 0.00000264. The molecule has 0 aliphatic carbocycles. The highest BCUT2D eigenvalue weighted by atomic mass is 127. The molecule has 3 N–H and O–H groups in total. The molecule has 1 unspecified atom stereocenters. The normalized spacial score (nSPS) is 16.2. The smallest absolute Gasteiger partial charge is 0.222 e. The predicted octanol–water partition coefficient (Wildman–Crippen LogP) is 2.63. The first kappa shape index (κ1) is 19.7. The lowest BCUT2D eigenvalue weighted by Crippen LogP contribution is -2.38. The molecule has 1 fully saturated rings. The van der Waals surface area contributed by atoms with Gasteiger partial charge in [-0.15, -0.1) is 24.0 Å². The third-order valence-corrected chi connectivity index (χ3v) is 4.08. The molecule has 0 spiro atoms. The van der Waals surface area contributed by atoms with E-state index in [1.165, 1.54) is 0 Å². The van der Waals surface area contributed by atoms with Crippen LogP contribution in [0.25, 0.3) is 0 Å². The highest BCUT2D eigenvalue weighted by Crippen LogP contribution is 2.17. The average Bonchev–Trinajstić information content (AvgIpc) is 2.91. The first-order chi connectivity index (χ1) is 10.6. The molecule has 2 rings (SSSR count). The van der Waals surface area contributed by atoms with Gasteiger partial charge in [0, 0.05) is 25.6 Å². The fraction of sp³-hybridized carbons (Fsp3) is 0.529. The van der Waals surface area contributed by atoms with Gasteiger partial charge in [0.15, 0.2) is 5.96 Å². The summed E-state index contributed by atoms with van der Waals surface area (Å²) in [5, 5.41) is 3.16. The van der Waals surface area contributed by atoms with Crippen LogP contribution in [0.2, 0.25) is 0 Å². The Morgan fingerprint density at radius 1 is 1.39 bits per heavy atom. The number of hydrogen-bond donors (Lipinski definition) is 2. The van der Waals surface area contributed by atoms with E-state index in [0.29, 0.717) is 31.5 Å². The number of likely N-dealkylation sites (tertiary alicyclic amines) is 1. The zero-order chi connectivity index (χ0) is 15.9. The summed E-state index contributed by atoms with van der Waals surface area (Å²) in [6, 6.07) is 8.44. The van der Waals surface area contributed by atoms with Crippen LogP contribution in [0, 0.1) is 0 Å². The summed E-state index contributed by atoms with van der Waals surface area (Å²) in [6.45, 7) is 6.24. The summed E-state index contributed by atoms with van der Waals surface area (Å²) < 4.78 is 0. The van der Waals surface area contributed by atoms with Gasteiger partial charge in [0.25, 0.3) is 0 Å². The van der Waals surface area contributed by atoms with Gasteiger partial charge < -0.3 is 16.0 Å². The van der Waals surface area contributed by atoms with Crippen molar-refractivity contribution < 1.29 is 4.79 Å². The van der Waals surface area contributed by atoms with Crippen molar-refractivity contribution in [1.29, 1.82) is 0 Å². The Kier molecular flexibility index (Phi) is 8.36. The molecule has 0 saturated carbocycles. The molecule has 1 aliphatic rings. The van der Waals surface area contributed by atoms with Crippen molar-refractivity contribution in [2.75, 3.05) is 6.54 Å². The highest BCUT2D eigenvalue weighted by molar-refractivity contribution is 14.0. The minimum Gasteiger partial charge on any atom is -0.370 e. The van der Waals surface area contributed by atoms with Crippen LogP contribution in [-0.4, -0.2) is 29.4 Å². The van der Waals surface area contributed by atoms with Crippen molar-refractivity contribution in [2.24, 2.45) is 10.7 Å². The van der Waals surface area contributed by atoms with Gasteiger partial charge in [-0.05, 0) is 30.9 Å². The Bertz CT molecular complexity index is 547. The van der Waals surface area contributed by atoms with Crippen LogP contribution in [0.5, 0.6) is 0 Å². The Labute approximate surface area is 155 Å². The quantitative estimate of drug-likeness (QED) is 0.414. The predicted molar refractivity (Wildman–Crippen MR) is 105 cm³/mol. The topological polar surface area (TPSA) is 70.7 Å².